The van der Waals surface area contributed by atoms with Gasteiger partial charge in [-0.2, -0.15) is 0 Å². The molecule has 1 fully saturated rings. The molecule has 4 heteroatoms. The minimum Gasteiger partial charge on any atom is -0.550 e. The molecule has 1 heterocycles. The van der Waals surface area contributed by atoms with E-state index in [9.17, 15) is 9.90 Å². The molecule has 19 heavy (non-hydrogen) atoms. The molecule has 0 radical (unpaired) electrons. The van der Waals surface area contributed by atoms with Gasteiger partial charge in [0.25, 0.3) is 0 Å². The number of carboxylic acid groups (broad SMARTS) is 1. The van der Waals surface area contributed by atoms with Crippen LogP contribution in [0, 0.1) is 5.41 Å². The smallest absolute Gasteiger partial charge is 0.0944 e. The van der Waals surface area contributed by atoms with Gasteiger partial charge in [0.15, 0.2) is 0 Å². The Hall–Kier alpha value is -1.42. The SMILES string of the molecule is O=C([O-])CC1(Cc2nc3ccccc3s2)CCCC1. The van der Waals surface area contributed by atoms with Crippen molar-refractivity contribution >= 4 is 27.5 Å². The number of carbonyl (C=O) groups is 1. The zero-order chi connectivity index (χ0) is 13.3. The first-order valence-electron chi connectivity index (χ1n) is 6.71. The van der Waals surface area contributed by atoms with Crippen molar-refractivity contribution in [3.8, 4) is 0 Å². The Morgan fingerprint density at radius 3 is 2.74 bits per heavy atom. The largest absolute Gasteiger partial charge is 0.550 e. The maximum atomic E-state index is 11.0. The van der Waals surface area contributed by atoms with E-state index in [2.05, 4.69) is 11.1 Å². The number of carbonyl (C=O) groups excluding carboxylic acids is 1. The highest BCUT2D eigenvalue weighted by Crippen LogP contribution is 2.44. The van der Waals surface area contributed by atoms with Crippen molar-refractivity contribution in [3.05, 3.63) is 29.3 Å². The molecule has 1 aromatic heterocycles. The van der Waals surface area contributed by atoms with Crippen LogP contribution < -0.4 is 5.11 Å². The molecule has 0 spiro atoms. The lowest BCUT2D eigenvalue weighted by Crippen LogP contribution is -2.32. The number of para-hydroxylation sites is 1. The minimum atomic E-state index is -0.928. The summed E-state index contributed by atoms with van der Waals surface area (Å²) in [5.74, 6) is -0.928. The fraction of sp³-hybridized carbons (Fsp3) is 0.467. The monoisotopic (exact) mass is 274 g/mol. The van der Waals surface area contributed by atoms with Gasteiger partial charge < -0.3 is 9.90 Å². The van der Waals surface area contributed by atoms with Crippen LogP contribution in [-0.4, -0.2) is 11.0 Å². The second-order valence-corrected chi connectivity index (χ2v) is 6.62. The average molecular weight is 274 g/mol. The highest BCUT2D eigenvalue weighted by molar-refractivity contribution is 7.18. The first kappa shape index (κ1) is 12.6. The van der Waals surface area contributed by atoms with Crippen LogP contribution in [0.25, 0.3) is 10.2 Å². The number of thiazole rings is 1. The number of nitrogens with zero attached hydrogens (tertiary/aromatic N) is 1. The van der Waals surface area contributed by atoms with E-state index >= 15 is 0 Å². The van der Waals surface area contributed by atoms with Gasteiger partial charge in [-0.25, -0.2) is 4.98 Å². The summed E-state index contributed by atoms with van der Waals surface area (Å²) >= 11 is 1.69. The standard InChI is InChI=1S/C15H17NO2S/c17-14(18)10-15(7-3-4-8-15)9-13-16-11-5-1-2-6-12(11)19-13/h1-2,5-6H,3-4,7-10H2,(H,17,18)/p-1. The van der Waals surface area contributed by atoms with Crippen LogP contribution in [0.2, 0.25) is 0 Å². The molecular weight excluding hydrogens is 258 g/mol. The molecular formula is C15H16NO2S-. The summed E-state index contributed by atoms with van der Waals surface area (Å²) in [4.78, 5) is 15.6. The summed E-state index contributed by atoms with van der Waals surface area (Å²) in [5.41, 5.74) is 0.899. The fourth-order valence-electron chi connectivity index (χ4n) is 3.16. The molecule has 0 saturated heterocycles. The van der Waals surface area contributed by atoms with Crippen LogP contribution in [0.3, 0.4) is 0 Å². The van der Waals surface area contributed by atoms with E-state index in [-0.39, 0.29) is 11.8 Å². The lowest BCUT2D eigenvalue weighted by molar-refractivity contribution is -0.308. The second-order valence-electron chi connectivity index (χ2n) is 5.51. The zero-order valence-electron chi connectivity index (χ0n) is 10.7. The van der Waals surface area contributed by atoms with Crippen molar-refractivity contribution in [2.45, 2.75) is 38.5 Å². The van der Waals surface area contributed by atoms with Gasteiger partial charge in [-0.3, -0.25) is 0 Å². The van der Waals surface area contributed by atoms with E-state index < -0.39 is 5.97 Å². The molecule has 3 rings (SSSR count). The Balaban J connectivity index is 1.87. The number of fused-ring (bicyclic) bond motifs is 1. The molecule has 1 aliphatic carbocycles. The molecule has 2 aromatic rings. The van der Waals surface area contributed by atoms with Crippen molar-refractivity contribution in [3.63, 3.8) is 0 Å². The number of benzene rings is 1. The Morgan fingerprint density at radius 2 is 2.05 bits per heavy atom. The number of rotatable bonds is 4. The highest BCUT2D eigenvalue weighted by Gasteiger charge is 2.35. The highest BCUT2D eigenvalue weighted by atomic mass is 32.1. The summed E-state index contributed by atoms with van der Waals surface area (Å²) in [7, 11) is 0. The van der Waals surface area contributed by atoms with Crippen molar-refractivity contribution < 1.29 is 9.90 Å². The Labute approximate surface area is 116 Å². The van der Waals surface area contributed by atoms with Gasteiger partial charge in [-0.15, -0.1) is 11.3 Å². The Morgan fingerprint density at radius 1 is 1.32 bits per heavy atom. The Bertz CT molecular complexity index is 566. The third-order valence-corrected chi connectivity index (χ3v) is 5.08. The predicted molar refractivity (Wildman–Crippen MR) is 73.8 cm³/mol. The summed E-state index contributed by atoms with van der Waals surface area (Å²) in [6.45, 7) is 0. The molecule has 0 N–H and O–H groups in total. The van der Waals surface area contributed by atoms with E-state index in [4.69, 9.17) is 0 Å². The Kier molecular flexibility index (Phi) is 3.27. The molecule has 0 aliphatic heterocycles. The number of aromatic nitrogens is 1. The van der Waals surface area contributed by atoms with Crippen LogP contribution in [0.4, 0.5) is 0 Å². The van der Waals surface area contributed by atoms with E-state index in [1.54, 1.807) is 11.3 Å². The van der Waals surface area contributed by atoms with Crippen molar-refractivity contribution in [2.75, 3.05) is 0 Å². The van der Waals surface area contributed by atoms with E-state index in [0.717, 1.165) is 42.6 Å². The molecule has 0 atom stereocenters. The quantitative estimate of drug-likeness (QED) is 0.861. The molecule has 0 amide bonds. The predicted octanol–water partition coefficient (Wildman–Crippen LogP) is 2.54. The minimum absolute atomic E-state index is 0.118. The molecule has 100 valence electrons. The number of hydrogen-bond acceptors (Lipinski definition) is 4. The molecule has 1 aliphatic rings. The van der Waals surface area contributed by atoms with Crippen LogP contribution in [0.15, 0.2) is 24.3 Å². The third-order valence-electron chi connectivity index (χ3n) is 4.05. The van der Waals surface area contributed by atoms with Crippen LogP contribution in [-0.2, 0) is 11.2 Å². The molecule has 1 saturated carbocycles. The summed E-state index contributed by atoms with van der Waals surface area (Å²) in [6.07, 6.45) is 5.16. The molecule has 0 unspecified atom stereocenters. The van der Waals surface area contributed by atoms with Gasteiger partial charge in [0.1, 0.15) is 0 Å². The number of carboxylic acids is 1. The average Bonchev–Trinajstić information content (AvgIpc) is 2.94. The van der Waals surface area contributed by atoms with E-state index in [1.807, 2.05) is 18.2 Å². The summed E-state index contributed by atoms with van der Waals surface area (Å²) in [5, 5.41) is 12.1. The lowest BCUT2D eigenvalue weighted by Gasteiger charge is -2.28. The molecule has 3 nitrogen and oxygen atoms in total. The first-order chi connectivity index (χ1) is 9.17. The zero-order valence-corrected chi connectivity index (χ0v) is 11.5. The van der Waals surface area contributed by atoms with Gasteiger partial charge >= 0.3 is 0 Å². The van der Waals surface area contributed by atoms with Crippen molar-refractivity contribution in [2.24, 2.45) is 5.41 Å². The third kappa shape index (κ3) is 2.63. The van der Waals surface area contributed by atoms with Gasteiger partial charge in [0, 0.05) is 12.4 Å². The first-order valence-corrected chi connectivity index (χ1v) is 7.53. The molecule has 0 bridgehead atoms. The summed E-state index contributed by atoms with van der Waals surface area (Å²) < 4.78 is 1.18. The molecule has 1 aromatic carbocycles. The maximum absolute atomic E-state index is 11.0. The van der Waals surface area contributed by atoms with Crippen molar-refractivity contribution in [1.82, 2.24) is 4.98 Å². The number of hydrogen-bond donors (Lipinski definition) is 0. The normalized spacial score (nSPS) is 17.9. The van der Waals surface area contributed by atoms with Gasteiger partial charge in [0.05, 0.1) is 15.2 Å². The van der Waals surface area contributed by atoms with Gasteiger partial charge in [-0.05, 0) is 36.8 Å². The van der Waals surface area contributed by atoms with Crippen LogP contribution >= 0.6 is 11.3 Å². The van der Waals surface area contributed by atoms with E-state index in [0.29, 0.717) is 0 Å². The topological polar surface area (TPSA) is 53.0 Å². The van der Waals surface area contributed by atoms with Gasteiger partial charge in [-0.1, -0.05) is 25.0 Å². The van der Waals surface area contributed by atoms with Gasteiger partial charge in [0.2, 0.25) is 0 Å². The van der Waals surface area contributed by atoms with E-state index in [1.165, 1.54) is 4.70 Å². The van der Waals surface area contributed by atoms with Crippen LogP contribution in [0.1, 0.15) is 37.1 Å². The van der Waals surface area contributed by atoms with Crippen LogP contribution in [0.5, 0.6) is 0 Å². The summed E-state index contributed by atoms with van der Waals surface area (Å²) in [6, 6.07) is 8.07. The van der Waals surface area contributed by atoms with Crippen molar-refractivity contribution in [1.29, 1.82) is 0 Å². The lowest BCUT2D eigenvalue weighted by atomic mass is 9.80. The second kappa shape index (κ2) is 4.93. The maximum Gasteiger partial charge on any atom is 0.0944 e. The number of aliphatic carboxylic acids is 1. The fourth-order valence-corrected chi connectivity index (χ4v) is 4.30.